The van der Waals surface area contributed by atoms with Crippen molar-refractivity contribution < 1.29 is 23.1 Å². The van der Waals surface area contributed by atoms with Crippen LogP contribution in [-0.2, 0) is 25.1 Å². The highest BCUT2D eigenvalue weighted by atomic mass is 79.9. The Kier molecular flexibility index (Phi) is 7.24. The topological polar surface area (TPSA) is 106 Å². The Balaban J connectivity index is 2.76. The average molecular weight is 395 g/mol. The van der Waals surface area contributed by atoms with Gasteiger partial charge in [0.15, 0.2) is 9.84 Å². The first-order valence-corrected chi connectivity index (χ1v) is 9.45. The van der Waals surface area contributed by atoms with Crippen LogP contribution in [0.4, 0.5) is 5.82 Å². The smallest absolute Gasteiger partial charge is 0.329 e. The van der Waals surface area contributed by atoms with Gasteiger partial charge in [0.2, 0.25) is 0 Å². The minimum absolute atomic E-state index is 0.0743. The molecule has 0 fully saturated rings. The summed E-state index contributed by atoms with van der Waals surface area (Å²) in [5, 5.41) is 11.7. The zero-order valence-corrected chi connectivity index (χ0v) is 14.8. The van der Waals surface area contributed by atoms with Crippen LogP contribution in [0.5, 0.6) is 0 Å². The van der Waals surface area contributed by atoms with Crippen molar-refractivity contribution >= 4 is 37.6 Å². The number of anilines is 1. The van der Waals surface area contributed by atoms with Gasteiger partial charge in [-0.1, -0.05) is 6.92 Å². The van der Waals surface area contributed by atoms with E-state index < -0.39 is 15.8 Å². The highest BCUT2D eigenvalue weighted by Gasteiger charge is 2.12. The molecule has 1 unspecified atom stereocenters. The maximum absolute atomic E-state index is 11.4. The van der Waals surface area contributed by atoms with E-state index in [0.29, 0.717) is 22.4 Å². The zero-order chi connectivity index (χ0) is 16.8. The second-order valence-electron chi connectivity index (χ2n) is 4.91. The van der Waals surface area contributed by atoms with Gasteiger partial charge >= 0.3 is 5.97 Å². The number of nitrogens with zero attached hydrogens (tertiary/aromatic N) is 1. The molecule has 0 aliphatic rings. The van der Waals surface area contributed by atoms with Crippen LogP contribution in [-0.4, -0.2) is 50.0 Å². The van der Waals surface area contributed by atoms with Crippen LogP contribution in [0, 0.1) is 0 Å². The number of carboxylic acid groups (broad SMARTS) is 1. The number of rotatable bonds is 9. The van der Waals surface area contributed by atoms with Crippen molar-refractivity contribution in [2.75, 3.05) is 24.8 Å². The number of nitrogens with one attached hydrogen (secondary N) is 1. The molecule has 0 aliphatic heterocycles. The predicted octanol–water partition coefficient (Wildman–Crippen LogP) is 1.68. The summed E-state index contributed by atoms with van der Waals surface area (Å²) in [6.07, 6.45) is 1.87. The molecule has 2 N–H and O–H groups in total. The second-order valence-corrected chi connectivity index (χ2v) is 7.86. The maximum atomic E-state index is 11.4. The van der Waals surface area contributed by atoms with Gasteiger partial charge < -0.3 is 15.2 Å². The SMILES string of the molecule is CCC(COCC(=O)O)Nc1cc(CS(C)(=O)=O)cc(Br)n1. The zero-order valence-electron chi connectivity index (χ0n) is 12.4. The van der Waals surface area contributed by atoms with Gasteiger partial charge in [-0.15, -0.1) is 0 Å². The first-order chi connectivity index (χ1) is 10.2. The summed E-state index contributed by atoms with van der Waals surface area (Å²) in [6, 6.07) is 3.19. The third kappa shape index (κ3) is 7.71. The van der Waals surface area contributed by atoms with Crippen molar-refractivity contribution in [3.63, 3.8) is 0 Å². The number of hydrogen-bond acceptors (Lipinski definition) is 6. The summed E-state index contributed by atoms with van der Waals surface area (Å²) >= 11 is 3.25. The number of sulfone groups is 1. The van der Waals surface area contributed by atoms with Crippen LogP contribution in [0.2, 0.25) is 0 Å². The lowest BCUT2D eigenvalue weighted by atomic mass is 10.2. The minimum atomic E-state index is -3.13. The van der Waals surface area contributed by atoms with E-state index in [1.165, 1.54) is 6.26 Å². The molecule has 124 valence electrons. The van der Waals surface area contributed by atoms with Crippen LogP contribution in [0.15, 0.2) is 16.7 Å². The van der Waals surface area contributed by atoms with Crippen molar-refractivity contribution in [3.8, 4) is 0 Å². The third-order valence-electron chi connectivity index (χ3n) is 2.67. The van der Waals surface area contributed by atoms with E-state index in [2.05, 4.69) is 26.2 Å². The first kappa shape index (κ1) is 18.9. The normalized spacial score (nSPS) is 12.9. The summed E-state index contributed by atoms with van der Waals surface area (Å²) in [7, 11) is -3.13. The number of pyridine rings is 1. The first-order valence-electron chi connectivity index (χ1n) is 6.60. The van der Waals surface area contributed by atoms with Gasteiger partial charge in [-0.3, -0.25) is 0 Å². The Hall–Kier alpha value is -1.19. The molecule has 0 saturated carbocycles. The summed E-state index contributed by atoms with van der Waals surface area (Å²) in [5.74, 6) is -0.584. The number of hydrogen-bond donors (Lipinski definition) is 2. The molecular weight excluding hydrogens is 376 g/mol. The Morgan fingerprint density at radius 3 is 2.73 bits per heavy atom. The predicted molar refractivity (Wildman–Crippen MR) is 86.6 cm³/mol. The summed E-state index contributed by atoms with van der Waals surface area (Å²) in [6.45, 7) is 1.79. The van der Waals surface area contributed by atoms with E-state index in [1.54, 1.807) is 12.1 Å². The Bertz CT molecular complexity index is 621. The number of carboxylic acids is 1. The van der Waals surface area contributed by atoms with Gasteiger partial charge in [-0.05, 0) is 40.0 Å². The van der Waals surface area contributed by atoms with E-state index in [1.807, 2.05) is 6.92 Å². The Morgan fingerprint density at radius 2 is 2.18 bits per heavy atom. The average Bonchev–Trinajstić information content (AvgIpc) is 2.34. The lowest BCUT2D eigenvalue weighted by Gasteiger charge is -2.18. The van der Waals surface area contributed by atoms with Crippen molar-refractivity contribution in [2.45, 2.75) is 25.1 Å². The molecule has 1 atom stereocenters. The second kappa shape index (κ2) is 8.44. The van der Waals surface area contributed by atoms with Gasteiger partial charge in [0.25, 0.3) is 0 Å². The molecule has 0 aliphatic carbocycles. The monoisotopic (exact) mass is 394 g/mol. The third-order valence-corrected chi connectivity index (χ3v) is 3.94. The molecule has 22 heavy (non-hydrogen) atoms. The summed E-state index contributed by atoms with van der Waals surface area (Å²) < 4.78 is 28.3. The number of aliphatic carboxylic acids is 1. The van der Waals surface area contributed by atoms with E-state index in [-0.39, 0.29) is 25.0 Å². The van der Waals surface area contributed by atoms with Crippen molar-refractivity contribution in [1.82, 2.24) is 4.98 Å². The highest BCUT2D eigenvalue weighted by molar-refractivity contribution is 9.10. The molecule has 9 heteroatoms. The van der Waals surface area contributed by atoms with Crippen LogP contribution in [0.1, 0.15) is 18.9 Å². The van der Waals surface area contributed by atoms with Gasteiger partial charge in [0.05, 0.1) is 18.4 Å². The number of carbonyl (C=O) groups is 1. The van der Waals surface area contributed by atoms with Crippen LogP contribution >= 0.6 is 15.9 Å². The van der Waals surface area contributed by atoms with Crippen molar-refractivity contribution in [1.29, 1.82) is 0 Å². The van der Waals surface area contributed by atoms with E-state index in [4.69, 9.17) is 9.84 Å². The van der Waals surface area contributed by atoms with Gasteiger partial charge in [-0.25, -0.2) is 18.2 Å². The van der Waals surface area contributed by atoms with E-state index in [0.717, 1.165) is 0 Å². The van der Waals surface area contributed by atoms with Crippen LogP contribution < -0.4 is 5.32 Å². The van der Waals surface area contributed by atoms with Crippen molar-refractivity contribution in [3.05, 3.63) is 22.3 Å². The molecule has 7 nitrogen and oxygen atoms in total. The lowest BCUT2D eigenvalue weighted by molar-refractivity contribution is -0.142. The fourth-order valence-electron chi connectivity index (χ4n) is 1.77. The standard InChI is InChI=1S/C13H19BrN2O5S/c1-3-10(6-21-7-13(17)18)15-12-5-9(4-11(14)16-12)8-22(2,19)20/h4-5,10H,3,6-8H2,1-2H3,(H,15,16)(H,17,18). The fourth-order valence-corrected chi connectivity index (χ4v) is 3.03. The molecule has 1 aromatic rings. The molecule has 1 rings (SSSR count). The van der Waals surface area contributed by atoms with Gasteiger partial charge in [0, 0.05) is 6.26 Å². The minimum Gasteiger partial charge on any atom is -0.480 e. The highest BCUT2D eigenvalue weighted by Crippen LogP contribution is 2.18. The van der Waals surface area contributed by atoms with Crippen molar-refractivity contribution in [2.24, 2.45) is 0 Å². The molecule has 1 aromatic heterocycles. The summed E-state index contributed by atoms with van der Waals surface area (Å²) in [5.41, 5.74) is 0.619. The fraction of sp³-hybridized carbons (Fsp3) is 0.538. The Morgan fingerprint density at radius 1 is 1.50 bits per heavy atom. The van der Waals surface area contributed by atoms with Gasteiger partial charge in [-0.2, -0.15) is 0 Å². The molecular formula is C13H19BrN2O5S. The molecule has 0 aromatic carbocycles. The van der Waals surface area contributed by atoms with Crippen LogP contribution in [0.3, 0.4) is 0 Å². The lowest BCUT2D eigenvalue weighted by Crippen LogP contribution is -2.26. The number of ether oxygens (including phenoxy) is 1. The van der Waals surface area contributed by atoms with E-state index in [9.17, 15) is 13.2 Å². The molecule has 0 spiro atoms. The quantitative estimate of drug-likeness (QED) is 0.613. The van der Waals surface area contributed by atoms with Gasteiger partial charge in [0.1, 0.15) is 17.0 Å². The van der Waals surface area contributed by atoms with Crippen LogP contribution in [0.25, 0.3) is 0 Å². The molecule has 0 radical (unpaired) electrons. The number of aromatic nitrogens is 1. The van der Waals surface area contributed by atoms with E-state index >= 15 is 0 Å². The Labute approximate surface area is 138 Å². The largest absolute Gasteiger partial charge is 0.480 e. The molecule has 0 amide bonds. The summed E-state index contributed by atoms with van der Waals surface area (Å²) in [4.78, 5) is 14.7. The maximum Gasteiger partial charge on any atom is 0.329 e. The molecule has 0 bridgehead atoms. The number of halogens is 1. The molecule has 1 heterocycles. The molecule has 0 saturated heterocycles.